The van der Waals surface area contributed by atoms with Crippen molar-refractivity contribution in [1.82, 2.24) is 4.98 Å². The van der Waals surface area contributed by atoms with E-state index in [2.05, 4.69) is 4.98 Å². The molecule has 1 aromatic heterocycles. The number of aromatic nitrogens is 1. The van der Waals surface area contributed by atoms with Crippen molar-refractivity contribution >= 4 is 58.3 Å². The van der Waals surface area contributed by atoms with E-state index < -0.39 is 11.8 Å². The molecule has 0 fully saturated rings. The molecule has 0 atom stereocenters. The molecule has 32 heavy (non-hydrogen) atoms. The zero-order valence-electron chi connectivity index (χ0n) is 16.4. The second-order valence-corrected chi connectivity index (χ2v) is 7.70. The summed E-state index contributed by atoms with van der Waals surface area (Å²) >= 11 is 6.20. The van der Waals surface area contributed by atoms with Crippen molar-refractivity contribution in [2.45, 2.75) is 25.9 Å². The molecule has 2 aromatic carbocycles. The molecular formula is C24H19ClF2NNaO3. The first-order valence-corrected chi connectivity index (χ1v) is 10.1. The van der Waals surface area contributed by atoms with Crippen LogP contribution in [0.3, 0.4) is 0 Å². The molecule has 4 nitrogen and oxygen atoms in total. The molecule has 8 heteroatoms. The Kier molecular flexibility index (Phi) is 8.06. The van der Waals surface area contributed by atoms with Gasteiger partial charge in [-0.1, -0.05) is 23.7 Å². The Morgan fingerprint density at radius 3 is 2.47 bits per heavy atom. The van der Waals surface area contributed by atoms with E-state index in [1.54, 1.807) is 18.2 Å². The summed E-state index contributed by atoms with van der Waals surface area (Å²) in [4.78, 5) is 15.7. The standard InChI is InChI=1S/C24H18ClF2NO3.Na.H/c25-17-11-22(23(28-12-17)31-13-14-4-6-18(26)7-5-14)21-3-1-2-20(21)15-8-16(24(29)30)10-19(27)9-15;;/h4-12H,1-3,13H2,(H,29,30);;. The van der Waals surface area contributed by atoms with Gasteiger partial charge in [0.25, 0.3) is 0 Å². The van der Waals surface area contributed by atoms with Gasteiger partial charge in [0.2, 0.25) is 5.88 Å². The summed E-state index contributed by atoms with van der Waals surface area (Å²) in [5.41, 5.74) is 3.62. The van der Waals surface area contributed by atoms with Crippen molar-refractivity contribution < 1.29 is 23.4 Å². The SMILES string of the molecule is O=C(O)c1cc(F)cc(C2=C(c3cc(Cl)cnc3OCc3ccc(F)cc3)CCC2)c1.[NaH]. The van der Waals surface area contributed by atoms with Crippen molar-refractivity contribution in [2.75, 3.05) is 0 Å². The van der Waals surface area contributed by atoms with Gasteiger partial charge in [0.05, 0.1) is 10.6 Å². The third-order valence-corrected chi connectivity index (χ3v) is 5.35. The van der Waals surface area contributed by atoms with Crippen LogP contribution >= 0.6 is 11.6 Å². The average molecular weight is 466 g/mol. The molecule has 0 saturated heterocycles. The van der Waals surface area contributed by atoms with Crippen molar-refractivity contribution in [3.63, 3.8) is 0 Å². The number of rotatable bonds is 6. The van der Waals surface area contributed by atoms with Crippen LogP contribution in [0.4, 0.5) is 8.78 Å². The molecule has 1 heterocycles. The number of halogens is 3. The quantitative estimate of drug-likeness (QED) is 0.472. The van der Waals surface area contributed by atoms with Gasteiger partial charge < -0.3 is 9.84 Å². The van der Waals surface area contributed by atoms with Crippen molar-refractivity contribution in [2.24, 2.45) is 0 Å². The molecule has 0 saturated carbocycles. The van der Waals surface area contributed by atoms with E-state index in [0.717, 1.165) is 29.2 Å². The van der Waals surface area contributed by atoms with Gasteiger partial charge in [0, 0.05) is 11.8 Å². The fourth-order valence-electron chi connectivity index (χ4n) is 3.74. The van der Waals surface area contributed by atoms with E-state index in [4.69, 9.17) is 16.3 Å². The Hall–Kier alpha value is -2.25. The summed E-state index contributed by atoms with van der Waals surface area (Å²) in [5.74, 6) is -1.76. The average Bonchev–Trinajstić information content (AvgIpc) is 3.23. The molecule has 0 radical (unpaired) electrons. The van der Waals surface area contributed by atoms with Crippen LogP contribution in [0.15, 0.2) is 54.7 Å². The van der Waals surface area contributed by atoms with Crippen LogP contribution in [0, 0.1) is 11.6 Å². The summed E-state index contributed by atoms with van der Waals surface area (Å²) < 4.78 is 33.1. The third-order valence-electron chi connectivity index (χ3n) is 5.14. The van der Waals surface area contributed by atoms with Crippen molar-refractivity contribution in [3.8, 4) is 5.88 Å². The molecule has 3 aromatic rings. The Labute approximate surface area is 211 Å². The molecular weight excluding hydrogens is 447 g/mol. The minimum absolute atomic E-state index is 0. The fourth-order valence-corrected chi connectivity index (χ4v) is 3.90. The maximum atomic E-state index is 14.1. The van der Waals surface area contributed by atoms with E-state index in [1.165, 1.54) is 30.5 Å². The predicted octanol–water partition coefficient (Wildman–Crippen LogP) is 5.74. The first kappa shape index (κ1) is 24.4. The number of benzene rings is 2. The van der Waals surface area contributed by atoms with Gasteiger partial charge in [-0.15, -0.1) is 0 Å². The minimum atomic E-state index is -1.19. The van der Waals surface area contributed by atoms with Gasteiger partial charge in [-0.3, -0.25) is 0 Å². The van der Waals surface area contributed by atoms with Crippen LogP contribution in [-0.2, 0) is 6.61 Å². The Morgan fingerprint density at radius 1 is 1.03 bits per heavy atom. The summed E-state index contributed by atoms with van der Waals surface area (Å²) in [5, 5.41) is 9.71. The summed E-state index contributed by atoms with van der Waals surface area (Å²) in [6.07, 6.45) is 3.67. The number of pyridine rings is 1. The zero-order valence-corrected chi connectivity index (χ0v) is 17.1. The number of hydrogen-bond donors (Lipinski definition) is 1. The second-order valence-electron chi connectivity index (χ2n) is 7.27. The number of carboxylic acids is 1. The molecule has 4 rings (SSSR count). The summed E-state index contributed by atoms with van der Waals surface area (Å²) in [7, 11) is 0. The zero-order chi connectivity index (χ0) is 22.0. The van der Waals surface area contributed by atoms with E-state index in [-0.39, 0.29) is 47.5 Å². The number of ether oxygens (including phenoxy) is 1. The van der Waals surface area contributed by atoms with Crippen LogP contribution in [0.2, 0.25) is 5.02 Å². The van der Waals surface area contributed by atoms with Crippen LogP contribution in [0.1, 0.15) is 46.3 Å². The molecule has 1 aliphatic carbocycles. The first-order valence-electron chi connectivity index (χ1n) is 9.70. The monoisotopic (exact) mass is 465 g/mol. The van der Waals surface area contributed by atoms with Crippen LogP contribution in [0.25, 0.3) is 11.1 Å². The number of carboxylic acid groups (broad SMARTS) is 1. The second kappa shape index (κ2) is 10.6. The Bertz CT molecular complexity index is 1180. The van der Waals surface area contributed by atoms with E-state index in [9.17, 15) is 18.7 Å². The van der Waals surface area contributed by atoms with E-state index in [0.29, 0.717) is 34.9 Å². The molecule has 0 spiro atoms. The van der Waals surface area contributed by atoms with Gasteiger partial charge in [-0.05, 0) is 77.9 Å². The summed E-state index contributed by atoms with van der Waals surface area (Å²) in [6, 6.07) is 11.5. The molecule has 1 N–H and O–H groups in total. The van der Waals surface area contributed by atoms with Gasteiger partial charge >= 0.3 is 35.5 Å². The number of aromatic carboxylic acids is 1. The summed E-state index contributed by atoms with van der Waals surface area (Å²) in [6.45, 7) is 0.188. The number of carbonyl (C=O) groups is 1. The maximum absolute atomic E-state index is 14.1. The van der Waals surface area contributed by atoms with Gasteiger partial charge in [0.1, 0.15) is 18.2 Å². The van der Waals surface area contributed by atoms with E-state index in [1.807, 2.05) is 0 Å². The van der Waals surface area contributed by atoms with Gasteiger partial charge in [-0.25, -0.2) is 18.6 Å². The van der Waals surface area contributed by atoms with Crippen LogP contribution in [-0.4, -0.2) is 45.6 Å². The predicted molar refractivity (Wildman–Crippen MR) is 121 cm³/mol. The molecule has 0 amide bonds. The molecule has 160 valence electrons. The Balaban J connectivity index is 0.00000289. The molecule has 0 bridgehead atoms. The number of nitrogens with zero attached hydrogens (tertiary/aromatic N) is 1. The topological polar surface area (TPSA) is 59.4 Å². The Morgan fingerprint density at radius 2 is 1.75 bits per heavy atom. The number of hydrogen-bond acceptors (Lipinski definition) is 3. The third kappa shape index (κ3) is 5.56. The first-order chi connectivity index (χ1) is 14.9. The van der Waals surface area contributed by atoms with Crippen molar-refractivity contribution in [3.05, 3.63) is 93.6 Å². The van der Waals surface area contributed by atoms with E-state index >= 15 is 0 Å². The molecule has 0 unspecified atom stereocenters. The van der Waals surface area contributed by atoms with Gasteiger partial charge in [0.15, 0.2) is 0 Å². The normalized spacial score (nSPS) is 13.1. The molecule has 1 aliphatic rings. The van der Waals surface area contributed by atoms with Crippen molar-refractivity contribution in [1.29, 1.82) is 0 Å². The van der Waals surface area contributed by atoms with Crippen LogP contribution < -0.4 is 4.74 Å². The fraction of sp³-hybridized carbons (Fsp3) is 0.167. The molecule has 0 aliphatic heterocycles. The van der Waals surface area contributed by atoms with Crippen LogP contribution in [0.5, 0.6) is 5.88 Å². The van der Waals surface area contributed by atoms with Gasteiger partial charge in [-0.2, -0.15) is 0 Å². The number of allylic oxidation sites excluding steroid dienone is 2.